The second-order valence-electron chi connectivity index (χ2n) is 4.25. The Hall–Kier alpha value is -0.550. The van der Waals surface area contributed by atoms with Gasteiger partial charge in [0.2, 0.25) is 0 Å². The normalized spacial score (nSPS) is 13.2. The lowest BCUT2D eigenvalue weighted by Crippen LogP contribution is -2.39. The average Bonchev–Trinajstić information content (AvgIpc) is 2.12. The monoisotopic (exact) mass is 196 g/mol. The molecule has 0 aromatic rings. The second-order valence-corrected chi connectivity index (χ2v) is 4.25. The van der Waals surface area contributed by atoms with Gasteiger partial charge in [0.05, 0.1) is 12.5 Å². The molecular formula is C12H24N2. The summed E-state index contributed by atoms with van der Waals surface area (Å²) in [6, 6.07) is 3.20. The Balaban J connectivity index is 3.95. The minimum atomic E-state index is 0.400. The van der Waals surface area contributed by atoms with E-state index in [9.17, 15) is 0 Å². The molecule has 0 saturated carbocycles. The smallest absolute Gasteiger partial charge is 0.0638 e. The van der Waals surface area contributed by atoms with Crippen LogP contribution in [-0.4, -0.2) is 23.5 Å². The third-order valence-corrected chi connectivity index (χ3v) is 2.64. The molecule has 0 N–H and O–H groups in total. The number of rotatable bonds is 7. The Kier molecular flexibility index (Phi) is 7.51. The molecule has 1 unspecified atom stereocenters. The summed E-state index contributed by atoms with van der Waals surface area (Å²) in [5, 5.41) is 8.66. The standard InChI is InChI=1S/C12H24N2/c1-5-6-7-10-14(11(2)3)12(4)8-9-13/h11-12H,5-8,10H2,1-4H3. The molecule has 0 radical (unpaired) electrons. The highest BCUT2D eigenvalue weighted by atomic mass is 15.2. The zero-order valence-corrected chi connectivity index (χ0v) is 10.1. The molecule has 0 saturated heterocycles. The maximum atomic E-state index is 8.66. The van der Waals surface area contributed by atoms with Gasteiger partial charge < -0.3 is 0 Å². The van der Waals surface area contributed by atoms with E-state index in [1.54, 1.807) is 0 Å². The van der Waals surface area contributed by atoms with Crippen LogP contribution < -0.4 is 0 Å². The number of nitriles is 1. The molecule has 82 valence electrons. The van der Waals surface area contributed by atoms with Crippen LogP contribution in [0.4, 0.5) is 0 Å². The van der Waals surface area contributed by atoms with Crippen molar-refractivity contribution in [2.75, 3.05) is 6.54 Å². The third-order valence-electron chi connectivity index (χ3n) is 2.64. The minimum Gasteiger partial charge on any atom is -0.297 e. The summed E-state index contributed by atoms with van der Waals surface area (Å²) < 4.78 is 0. The topological polar surface area (TPSA) is 27.0 Å². The third kappa shape index (κ3) is 5.24. The predicted molar refractivity (Wildman–Crippen MR) is 61.1 cm³/mol. The van der Waals surface area contributed by atoms with Gasteiger partial charge in [0, 0.05) is 12.1 Å². The maximum Gasteiger partial charge on any atom is 0.0638 e. The first-order valence-corrected chi connectivity index (χ1v) is 5.76. The van der Waals surface area contributed by atoms with Crippen molar-refractivity contribution in [2.45, 2.75) is 65.5 Å². The van der Waals surface area contributed by atoms with Gasteiger partial charge in [-0.2, -0.15) is 5.26 Å². The summed E-state index contributed by atoms with van der Waals surface area (Å²) in [6.45, 7) is 9.92. The van der Waals surface area contributed by atoms with Crippen molar-refractivity contribution in [2.24, 2.45) is 0 Å². The molecule has 2 heteroatoms. The van der Waals surface area contributed by atoms with Crippen molar-refractivity contribution in [3.8, 4) is 6.07 Å². The predicted octanol–water partition coefficient (Wildman–Crippen LogP) is 3.19. The summed E-state index contributed by atoms with van der Waals surface area (Å²) in [6.07, 6.45) is 4.45. The minimum absolute atomic E-state index is 0.400. The fraction of sp³-hybridized carbons (Fsp3) is 0.917. The van der Waals surface area contributed by atoms with Gasteiger partial charge in [-0.15, -0.1) is 0 Å². The van der Waals surface area contributed by atoms with E-state index in [1.165, 1.54) is 19.3 Å². The highest BCUT2D eigenvalue weighted by Gasteiger charge is 2.15. The molecule has 0 aromatic carbocycles. The first-order chi connectivity index (χ1) is 6.63. The van der Waals surface area contributed by atoms with Gasteiger partial charge in [-0.05, 0) is 33.7 Å². The van der Waals surface area contributed by atoms with Crippen LogP contribution in [-0.2, 0) is 0 Å². The Morgan fingerprint density at radius 3 is 2.29 bits per heavy atom. The molecule has 0 spiro atoms. The van der Waals surface area contributed by atoms with Crippen molar-refractivity contribution in [3.05, 3.63) is 0 Å². The van der Waals surface area contributed by atoms with Crippen LogP contribution in [0.25, 0.3) is 0 Å². The number of nitrogens with zero attached hydrogens (tertiary/aromatic N) is 2. The van der Waals surface area contributed by atoms with E-state index in [-0.39, 0.29) is 0 Å². The molecule has 0 fully saturated rings. The summed E-state index contributed by atoms with van der Waals surface area (Å²) in [4.78, 5) is 2.43. The van der Waals surface area contributed by atoms with E-state index in [2.05, 4.69) is 38.7 Å². The van der Waals surface area contributed by atoms with Crippen molar-refractivity contribution in [1.82, 2.24) is 4.90 Å². The SMILES string of the molecule is CCCCCN(C(C)C)C(C)CC#N. The molecule has 14 heavy (non-hydrogen) atoms. The quantitative estimate of drug-likeness (QED) is 0.585. The van der Waals surface area contributed by atoms with Gasteiger partial charge in [0.15, 0.2) is 0 Å². The fourth-order valence-electron chi connectivity index (χ4n) is 1.78. The molecule has 0 rings (SSSR count). The Bertz CT molecular complexity index is 170. The summed E-state index contributed by atoms with van der Waals surface area (Å²) in [7, 11) is 0. The van der Waals surface area contributed by atoms with E-state index in [4.69, 9.17) is 5.26 Å². The zero-order valence-electron chi connectivity index (χ0n) is 10.1. The molecule has 0 aliphatic heterocycles. The van der Waals surface area contributed by atoms with E-state index in [1.807, 2.05) is 0 Å². The highest BCUT2D eigenvalue weighted by molar-refractivity contribution is 4.81. The van der Waals surface area contributed by atoms with Crippen molar-refractivity contribution < 1.29 is 0 Å². The maximum absolute atomic E-state index is 8.66. The summed E-state index contributed by atoms with van der Waals surface area (Å²) >= 11 is 0. The average molecular weight is 196 g/mol. The molecule has 1 atom stereocenters. The first-order valence-electron chi connectivity index (χ1n) is 5.76. The van der Waals surface area contributed by atoms with Crippen molar-refractivity contribution in [1.29, 1.82) is 5.26 Å². The summed E-state index contributed by atoms with van der Waals surface area (Å²) in [5.74, 6) is 0. The molecule has 2 nitrogen and oxygen atoms in total. The van der Waals surface area contributed by atoms with Crippen LogP contribution in [0.3, 0.4) is 0 Å². The number of hydrogen-bond donors (Lipinski definition) is 0. The molecule has 0 amide bonds. The molecular weight excluding hydrogens is 172 g/mol. The van der Waals surface area contributed by atoms with Gasteiger partial charge in [-0.1, -0.05) is 19.8 Å². The fourth-order valence-corrected chi connectivity index (χ4v) is 1.78. The number of hydrogen-bond acceptors (Lipinski definition) is 2. The molecule has 0 aromatic heterocycles. The van der Waals surface area contributed by atoms with Crippen LogP contribution in [0, 0.1) is 11.3 Å². The van der Waals surface area contributed by atoms with Crippen LogP contribution in [0.1, 0.15) is 53.4 Å². The lowest BCUT2D eigenvalue weighted by atomic mass is 10.1. The Labute approximate surface area is 88.9 Å². The number of unbranched alkanes of at least 4 members (excludes halogenated alkanes) is 2. The second kappa shape index (κ2) is 7.82. The van der Waals surface area contributed by atoms with E-state index in [0.29, 0.717) is 18.5 Å². The molecule has 0 aliphatic carbocycles. The van der Waals surface area contributed by atoms with Crippen molar-refractivity contribution >= 4 is 0 Å². The first kappa shape index (κ1) is 13.4. The van der Waals surface area contributed by atoms with Crippen LogP contribution in [0.2, 0.25) is 0 Å². The highest BCUT2D eigenvalue weighted by Crippen LogP contribution is 2.10. The Morgan fingerprint density at radius 1 is 1.21 bits per heavy atom. The van der Waals surface area contributed by atoms with E-state index in [0.717, 1.165) is 6.54 Å². The molecule has 0 heterocycles. The van der Waals surface area contributed by atoms with Gasteiger partial charge in [-0.3, -0.25) is 4.90 Å². The molecule has 0 bridgehead atoms. The van der Waals surface area contributed by atoms with Crippen LogP contribution in [0.15, 0.2) is 0 Å². The van der Waals surface area contributed by atoms with Crippen molar-refractivity contribution in [3.63, 3.8) is 0 Å². The van der Waals surface area contributed by atoms with E-state index < -0.39 is 0 Å². The lowest BCUT2D eigenvalue weighted by molar-refractivity contribution is 0.162. The van der Waals surface area contributed by atoms with Gasteiger partial charge in [-0.25, -0.2) is 0 Å². The Morgan fingerprint density at radius 2 is 1.86 bits per heavy atom. The lowest BCUT2D eigenvalue weighted by Gasteiger charge is -2.31. The van der Waals surface area contributed by atoms with Gasteiger partial charge >= 0.3 is 0 Å². The molecule has 0 aliphatic rings. The van der Waals surface area contributed by atoms with Crippen LogP contribution >= 0.6 is 0 Å². The van der Waals surface area contributed by atoms with Gasteiger partial charge in [0.1, 0.15) is 0 Å². The largest absolute Gasteiger partial charge is 0.297 e. The van der Waals surface area contributed by atoms with E-state index >= 15 is 0 Å². The van der Waals surface area contributed by atoms with Crippen LogP contribution in [0.5, 0.6) is 0 Å². The zero-order chi connectivity index (χ0) is 11.0. The van der Waals surface area contributed by atoms with Gasteiger partial charge in [0.25, 0.3) is 0 Å². The summed E-state index contributed by atoms with van der Waals surface area (Å²) in [5.41, 5.74) is 0.